The maximum Gasteiger partial charge on any atom is 0.152 e. The van der Waals surface area contributed by atoms with E-state index in [-0.39, 0.29) is 17.5 Å². The third-order valence-electron chi connectivity index (χ3n) is 3.39. The first kappa shape index (κ1) is 13.4. The minimum atomic E-state index is -2.92. The van der Waals surface area contributed by atoms with Crippen molar-refractivity contribution in [3.05, 3.63) is 11.3 Å². The van der Waals surface area contributed by atoms with Gasteiger partial charge in [-0.2, -0.15) is 5.10 Å². The molecule has 1 saturated heterocycles. The second-order valence-corrected chi connectivity index (χ2v) is 6.93. The summed E-state index contributed by atoms with van der Waals surface area (Å²) >= 11 is 0. The fourth-order valence-corrected chi connectivity index (χ4v) is 3.95. The Hall–Kier alpha value is -1.08. The molecule has 1 unspecified atom stereocenters. The lowest BCUT2D eigenvalue weighted by Gasteiger charge is -2.10. The lowest BCUT2D eigenvalue weighted by molar-refractivity contribution is 0.201. The summed E-state index contributed by atoms with van der Waals surface area (Å²) in [5.74, 6) is 0.939. The summed E-state index contributed by atoms with van der Waals surface area (Å²) in [6, 6.07) is -0.120. The molecule has 0 saturated carbocycles. The molecule has 102 valence electrons. The van der Waals surface area contributed by atoms with Crippen LogP contribution in [-0.2, 0) is 21.0 Å². The van der Waals surface area contributed by atoms with Gasteiger partial charge in [0, 0.05) is 19.1 Å². The molecule has 7 heteroatoms. The van der Waals surface area contributed by atoms with E-state index in [1.165, 1.54) is 0 Å². The van der Waals surface area contributed by atoms with Crippen LogP contribution in [0, 0.1) is 6.92 Å². The number of sulfone groups is 1. The highest BCUT2D eigenvalue weighted by atomic mass is 32.2. The number of nitrogens with zero attached hydrogens (tertiary/aromatic N) is 2. The average Bonchev–Trinajstić information content (AvgIpc) is 2.80. The molecule has 1 aromatic heterocycles. The second kappa shape index (κ2) is 4.89. The standard InChI is InChI=1S/C11H19N3O3S/c1-8-10(3-5-17-2)13-14(11(8)12)9-4-6-18(15,16)7-9/h9H,3-7,12H2,1-2H3. The van der Waals surface area contributed by atoms with Gasteiger partial charge in [-0.25, -0.2) is 13.1 Å². The van der Waals surface area contributed by atoms with Crippen LogP contribution in [-0.4, -0.2) is 43.4 Å². The lowest BCUT2D eigenvalue weighted by atomic mass is 10.2. The van der Waals surface area contributed by atoms with Gasteiger partial charge in [0.05, 0.1) is 29.8 Å². The number of rotatable bonds is 4. The topological polar surface area (TPSA) is 87.2 Å². The van der Waals surface area contributed by atoms with Gasteiger partial charge in [0.25, 0.3) is 0 Å². The third kappa shape index (κ3) is 2.51. The van der Waals surface area contributed by atoms with Crippen molar-refractivity contribution in [1.29, 1.82) is 0 Å². The molecule has 0 radical (unpaired) electrons. The van der Waals surface area contributed by atoms with E-state index < -0.39 is 9.84 Å². The number of anilines is 1. The number of aromatic nitrogens is 2. The number of methoxy groups -OCH3 is 1. The van der Waals surface area contributed by atoms with E-state index in [1.807, 2.05) is 6.92 Å². The minimum absolute atomic E-state index is 0.120. The van der Waals surface area contributed by atoms with Crippen LogP contribution in [0.4, 0.5) is 5.82 Å². The van der Waals surface area contributed by atoms with Crippen LogP contribution in [0.2, 0.25) is 0 Å². The predicted octanol–water partition coefficient (Wildman–Crippen LogP) is 0.322. The van der Waals surface area contributed by atoms with Crippen LogP contribution < -0.4 is 5.73 Å². The molecule has 1 aromatic rings. The summed E-state index contributed by atoms with van der Waals surface area (Å²) in [7, 11) is -1.28. The van der Waals surface area contributed by atoms with E-state index in [0.717, 1.165) is 11.3 Å². The molecular weight excluding hydrogens is 254 g/mol. The van der Waals surface area contributed by atoms with Crippen LogP contribution >= 0.6 is 0 Å². The van der Waals surface area contributed by atoms with Crippen molar-refractivity contribution in [1.82, 2.24) is 9.78 Å². The van der Waals surface area contributed by atoms with E-state index in [9.17, 15) is 8.42 Å². The molecule has 1 aliphatic rings. The molecule has 0 spiro atoms. The van der Waals surface area contributed by atoms with Crippen LogP contribution in [0.5, 0.6) is 0 Å². The van der Waals surface area contributed by atoms with Gasteiger partial charge in [-0.05, 0) is 13.3 Å². The van der Waals surface area contributed by atoms with Gasteiger partial charge < -0.3 is 10.5 Å². The SMILES string of the molecule is COCCc1nn(C2CCS(=O)(=O)C2)c(N)c1C. The van der Waals surface area contributed by atoms with Crippen molar-refractivity contribution in [3.8, 4) is 0 Å². The fourth-order valence-electron chi connectivity index (χ4n) is 2.26. The van der Waals surface area contributed by atoms with Crippen molar-refractivity contribution in [3.63, 3.8) is 0 Å². The predicted molar refractivity (Wildman–Crippen MR) is 69.3 cm³/mol. The summed E-state index contributed by atoms with van der Waals surface area (Å²) in [5.41, 5.74) is 7.82. The number of nitrogen functional groups attached to an aromatic ring is 1. The van der Waals surface area contributed by atoms with E-state index in [4.69, 9.17) is 10.5 Å². The number of hydrogen-bond acceptors (Lipinski definition) is 5. The Labute approximate surface area is 107 Å². The van der Waals surface area contributed by atoms with Crippen molar-refractivity contribution in [2.24, 2.45) is 0 Å². The van der Waals surface area contributed by atoms with Gasteiger partial charge in [0.2, 0.25) is 0 Å². The highest BCUT2D eigenvalue weighted by molar-refractivity contribution is 7.91. The Bertz CT molecular complexity index is 536. The summed E-state index contributed by atoms with van der Waals surface area (Å²) in [4.78, 5) is 0. The van der Waals surface area contributed by atoms with Gasteiger partial charge in [-0.3, -0.25) is 0 Å². The molecule has 18 heavy (non-hydrogen) atoms. The number of hydrogen-bond donors (Lipinski definition) is 1. The maximum absolute atomic E-state index is 11.5. The third-order valence-corrected chi connectivity index (χ3v) is 5.14. The largest absolute Gasteiger partial charge is 0.384 e. The normalized spacial score (nSPS) is 22.4. The molecule has 6 nitrogen and oxygen atoms in total. The Kier molecular flexibility index (Phi) is 3.63. The van der Waals surface area contributed by atoms with Crippen LogP contribution in [0.3, 0.4) is 0 Å². The molecule has 1 fully saturated rings. The summed E-state index contributed by atoms with van der Waals surface area (Å²) in [5, 5.41) is 4.44. The summed E-state index contributed by atoms with van der Waals surface area (Å²) < 4.78 is 29.7. The zero-order valence-corrected chi connectivity index (χ0v) is 11.5. The zero-order chi connectivity index (χ0) is 13.3. The first-order chi connectivity index (χ1) is 8.44. The van der Waals surface area contributed by atoms with E-state index >= 15 is 0 Å². The first-order valence-corrected chi connectivity index (χ1v) is 7.79. The summed E-state index contributed by atoms with van der Waals surface area (Å²) in [6.45, 7) is 2.49. The molecule has 0 bridgehead atoms. The Morgan fingerprint density at radius 1 is 1.56 bits per heavy atom. The average molecular weight is 273 g/mol. The summed E-state index contributed by atoms with van der Waals surface area (Å²) in [6.07, 6.45) is 1.29. The molecule has 0 aliphatic carbocycles. The fraction of sp³-hybridized carbons (Fsp3) is 0.727. The molecule has 0 aromatic carbocycles. The van der Waals surface area contributed by atoms with Gasteiger partial charge in [-0.1, -0.05) is 0 Å². The van der Waals surface area contributed by atoms with E-state index in [0.29, 0.717) is 25.3 Å². The van der Waals surface area contributed by atoms with Crippen LogP contribution in [0.15, 0.2) is 0 Å². The molecule has 2 heterocycles. The molecule has 2 N–H and O–H groups in total. The van der Waals surface area contributed by atoms with Crippen LogP contribution in [0.25, 0.3) is 0 Å². The second-order valence-electron chi connectivity index (χ2n) is 4.70. The molecule has 1 atom stereocenters. The van der Waals surface area contributed by atoms with E-state index in [1.54, 1.807) is 11.8 Å². The first-order valence-electron chi connectivity index (χ1n) is 5.97. The monoisotopic (exact) mass is 273 g/mol. The quantitative estimate of drug-likeness (QED) is 0.853. The lowest BCUT2D eigenvalue weighted by Crippen LogP contribution is -2.15. The van der Waals surface area contributed by atoms with Crippen LogP contribution in [0.1, 0.15) is 23.7 Å². The number of nitrogens with two attached hydrogens (primary N) is 1. The molecular formula is C11H19N3O3S. The number of ether oxygens (including phenoxy) is 1. The zero-order valence-electron chi connectivity index (χ0n) is 10.7. The Balaban J connectivity index is 2.24. The van der Waals surface area contributed by atoms with Crippen molar-refractivity contribution < 1.29 is 13.2 Å². The highest BCUT2D eigenvalue weighted by Gasteiger charge is 2.31. The molecule has 2 rings (SSSR count). The van der Waals surface area contributed by atoms with E-state index in [2.05, 4.69) is 5.10 Å². The van der Waals surface area contributed by atoms with Crippen molar-refractivity contribution in [2.45, 2.75) is 25.8 Å². The highest BCUT2D eigenvalue weighted by Crippen LogP contribution is 2.28. The molecule has 1 aliphatic heterocycles. The van der Waals surface area contributed by atoms with Gasteiger partial charge >= 0.3 is 0 Å². The van der Waals surface area contributed by atoms with Crippen molar-refractivity contribution in [2.75, 3.05) is 31.0 Å². The van der Waals surface area contributed by atoms with Crippen molar-refractivity contribution >= 4 is 15.7 Å². The minimum Gasteiger partial charge on any atom is -0.384 e. The van der Waals surface area contributed by atoms with Gasteiger partial charge in [0.1, 0.15) is 5.82 Å². The Morgan fingerprint density at radius 3 is 2.83 bits per heavy atom. The molecule has 0 amide bonds. The van der Waals surface area contributed by atoms with Gasteiger partial charge in [-0.15, -0.1) is 0 Å². The smallest absolute Gasteiger partial charge is 0.152 e. The Morgan fingerprint density at radius 2 is 2.28 bits per heavy atom. The maximum atomic E-state index is 11.5. The van der Waals surface area contributed by atoms with Gasteiger partial charge in [0.15, 0.2) is 9.84 Å².